The van der Waals surface area contributed by atoms with Gasteiger partial charge in [-0.3, -0.25) is 9.79 Å². The molecule has 1 fully saturated rings. The molecule has 0 atom stereocenters. The lowest BCUT2D eigenvalue weighted by atomic mass is 10.4. The fourth-order valence-electron chi connectivity index (χ4n) is 2.48. The molecule has 26 heavy (non-hydrogen) atoms. The first-order chi connectivity index (χ1) is 12.3. The minimum absolute atomic E-state index is 0.00152. The van der Waals surface area contributed by atoms with Crippen molar-refractivity contribution in [3.63, 3.8) is 0 Å². The molecular formula is C16H32N4O5S. The topological polar surface area (TPSA) is 101 Å². The lowest BCUT2D eigenvalue weighted by Crippen LogP contribution is -2.54. The normalized spacial score (nSPS) is 16.8. The Bertz CT molecular complexity index is 557. The van der Waals surface area contributed by atoms with Gasteiger partial charge in [0.2, 0.25) is 10.0 Å². The Morgan fingerprint density at radius 2 is 1.88 bits per heavy atom. The van der Waals surface area contributed by atoms with Crippen LogP contribution >= 0.6 is 0 Å². The van der Waals surface area contributed by atoms with Gasteiger partial charge in [0.15, 0.2) is 5.96 Å². The SMILES string of the molecule is CCNC(=NCCC(=O)OC)N1CCN(S(=O)(=O)CCOC(C)C)CC1. The second-order valence-electron chi connectivity index (χ2n) is 6.18. The highest BCUT2D eigenvalue weighted by atomic mass is 32.2. The van der Waals surface area contributed by atoms with Crippen LogP contribution in [0.1, 0.15) is 27.2 Å². The van der Waals surface area contributed by atoms with Crippen molar-refractivity contribution in [2.75, 3.05) is 58.7 Å². The smallest absolute Gasteiger partial charge is 0.307 e. The predicted molar refractivity (Wildman–Crippen MR) is 101 cm³/mol. The van der Waals surface area contributed by atoms with Gasteiger partial charge >= 0.3 is 5.97 Å². The summed E-state index contributed by atoms with van der Waals surface area (Å²) >= 11 is 0. The molecule has 0 aromatic rings. The summed E-state index contributed by atoms with van der Waals surface area (Å²) in [6.07, 6.45) is 0.237. The summed E-state index contributed by atoms with van der Waals surface area (Å²) in [6, 6.07) is 0. The van der Waals surface area contributed by atoms with E-state index in [0.717, 1.165) is 0 Å². The molecule has 152 valence electrons. The van der Waals surface area contributed by atoms with Gasteiger partial charge in [0.05, 0.1) is 38.5 Å². The van der Waals surface area contributed by atoms with Gasteiger partial charge < -0.3 is 19.7 Å². The van der Waals surface area contributed by atoms with Crippen molar-refractivity contribution in [3.05, 3.63) is 0 Å². The van der Waals surface area contributed by atoms with Gasteiger partial charge in [-0.1, -0.05) is 0 Å². The largest absolute Gasteiger partial charge is 0.469 e. The predicted octanol–water partition coefficient (Wildman–Crippen LogP) is -0.113. The van der Waals surface area contributed by atoms with E-state index in [-0.39, 0.29) is 30.9 Å². The number of methoxy groups -OCH3 is 1. The molecule has 0 saturated carbocycles. The molecule has 10 heteroatoms. The maximum atomic E-state index is 12.4. The van der Waals surface area contributed by atoms with Crippen LogP contribution in [0.3, 0.4) is 0 Å². The van der Waals surface area contributed by atoms with Gasteiger partial charge in [0.1, 0.15) is 0 Å². The highest BCUT2D eigenvalue weighted by Gasteiger charge is 2.28. The number of piperazine rings is 1. The molecule has 1 heterocycles. The number of guanidine groups is 1. The molecule has 1 aliphatic rings. The minimum atomic E-state index is -3.31. The first-order valence-electron chi connectivity index (χ1n) is 8.99. The molecule has 1 N–H and O–H groups in total. The van der Waals surface area contributed by atoms with E-state index in [1.165, 1.54) is 11.4 Å². The average molecular weight is 393 g/mol. The second-order valence-corrected chi connectivity index (χ2v) is 8.27. The number of ether oxygens (including phenoxy) is 2. The lowest BCUT2D eigenvalue weighted by molar-refractivity contribution is -0.140. The van der Waals surface area contributed by atoms with Crippen LogP contribution in [-0.2, 0) is 24.3 Å². The summed E-state index contributed by atoms with van der Waals surface area (Å²) in [5, 5.41) is 3.18. The van der Waals surface area contributed by atoms with Crippen molar-refractivity contribution < 1.29 is 22.7 Å². The Kier molecular flexibility index (Phi) is 9.89. The maximum Gasteiger partial charge on any atom is 0.307 e. The molecule has 9 nitrogen and oxygen atoms in total. The van der Waals surface area contributed by atoms with E-state index in [1.54, 1.807) is 0 Å². The molecule has 0 bridgehead atoms. The molecule has 0 unspecified atom stereocenters. The van der Waals surface area contributed by atoms with Crippen molar-refractivity contribution in [3.8, 4) is 0 Å². The Hall–Kier alpha value is -1.39. The molecular weight excluding hydrogens is 360 g/mol. The van der Waals surface area contributed by atoms with Crippen LogP contribution in [-0.4, -0.2) is 94.4 Å². The van der Waals surface area contributed by atoms with Crippen molar-refractivity contribution in [2.45, 2.75) is 33.3 Å². The van der Waals surface area contributed by atoms with Crippen molar-refractivity contribution in [1.82, 2.24) is 14.5 Å². The zero-order valence-electron chi connectivity index (χ0n) is 16.2. The molecule has 0 aromatic carbocycles. The van der Waals surface area contributed by atoms with Crippen LogP contribution < -0.4 is 5.32 Å². The monoisotopic (exact) mass is 392 g/mol. The number of hydrogen-bond donors (Lipinski definition) is 1. The molecule has 1 aliphatic heterocycles. The summed E-state index contributed by atoms with van der Waals surface area (Å²) in [5.74, 6) is 0.388. The third kappa shape index (κ3) is 7.88. The number of nitrogens with one attached hydrogen (secondary N) is 1. The highest BCUT2D eigenvalue weighted by molar-refractivity contribution is 7.89. The van der Waals surface area contributed by atoms with Crippen LogP contribution in [0.4, 0.5) is 0 Å². The number of carbonyl (C=O) groups excluding carboxylic acids is 1. The standard InChI is InChI=1S/C16H32N4O5S/c1-5-17-16(18-7-6-15(21)24-4)19-8-10-20(11-9-19)26(22,23)13-12-25-14(2)3/h14H,5-13H2,1-4H3,(H,17,18). The second kappa shape index (κ2) is 11.3. The average Bonchev–Trinajstić information content (AvgIpc) is 2.60. The van der Waals surface area contributed by atoms with Crippen LogP contribution in [0.15, 0.2) is 4.99 Å². The third-order valence-electron chi connectivity index (χ3n) is 3.86. The molecule has 0 aromatic heterocycles. The fourth-order valence-corrected chi connectivity index (χ4v) is 3.76. The first kappa shape index (κ1) is 22.7. The first-order valence-corrected chi connectivity index (χ1v) is 10.6. The number of aliphatic imine (C=N–C) groups is 1. The summed E-state index contributed by atoms with van der Waals surface area (Å²) in [6.45, 7) is 8.88. The summed E-state index contributed by atoms with van der Waals surface area (Å²) in [5.41, 5.74) is 0. The van der Waals surface area contributed by atoms with Gasteiger partial charge in [-0.25, -0.2) is 8.42 Å². The van der Waals surface area contributed by atoms with Gasteiger partial charge in [-0.05, 0) is 20.8 Å². The third-order valence-corrected chi connectivity index (χ3v) is 5.70. The maximum absolute atomic E-state index is 12.4. The van der Waals surface area contributed by atoms with Crippen LogP contribution in [0.2, 0.25) is 0 Å². The molecule has 1 saturated heterocycles. The number of nitrogens with zero attached hydrogens (tertiary/aromatic N) is 3. The Labute approximate surface area is 156 Å². The van der Waals surface area contributed by atoms with E-state index in [0.29, 0.717) is 45.2 Å². The van der Waals surface area contributed by atoms with E-state index in [2.05, 4.69) is 15.0 Å². The Morgan fingerprint density at radius 3 is 2.42 bits per heavy atom. The highest BCUT2D eigenvalue weighted by Crippen LogP contribution is 2.09. The lowest BCUT2D eigenvalue weighted by Gasteiger charge is -2.35. The number of sulfonamides is 1. The van der Waals surface area contributed by atoms with E-state index in [9.17, 15) is 13.2 Å². The van der Waals surface area contributed by atoms with Crippen molar-refractivity contribution >= 4 is 22.0 Å². The zero-order valence-corrected chi connectivity index (χ0v) is 17.0. The zero-order chi connectivity index (χ0) is 19.6. The molecule has 1 rings (SSSR count). The molecule has 0 spiro atoms. The molecule has 0 radical (unpaired) electrons. The summed E-state index contributed by atoms with van der Waals surface area (Å²) < 4.78 is 36.2. The number of hydrogen-bond acceptors (Lipinski definition) is 6. The number of rotatable bonds is 9. The van der Waals surface area contributed by atoms with Gasteiger partial charge in [-0.2, -0.15) is 4.31 Å². The molecule has 0 amide bonds. The number of carbonyl (C=O) groups is 1. The van der Waals surface area contributed by atoms with Crippen LogP contribution in [0.25, 0.3) is 0 Å². The quantitative estimate of drug-likeness (QED) is 0.332. The summed E-state index contributed by atoms with van der Waals surface area (Å²) in [7, 11) is -1.96. The van der Waals surface area contributed by atoms with E-state index in [4.69, 9.17) is 4.74 Å². The van der Waals surface area contributed by atoms with Crippen molar-refractivity contribution in [2.24, 2.45) is 4.99 Å². The van der Waals surface area contributed by atoms with Gasteiger partial charge in [-0.15, -0.1) is 0 Å². The van der Waals surface area contributed by atoms with E-state index in [1.807, 2.05) is 25.7 Å². The minimum Gasteiger partial charge on any atom is -0.469 e. The van der Waals surface area contributed by atoms with Crippen molar-refractivity contribution in [1.29, 1.82) is 0 Å². The van der Waals surface area contributed by atoms with Gasteiger partial charge in [0, 0.05) is 32.7 Å². The summed E-state index contributed by atoms with van der Waals surface area (Å²) in [4.78, 5) is 17.6. The Balaban J connectivity index is 2.55. The molecule has 0 aliphatic carbocycles. The fraction of sp³-hybridized carbons (Fsp3) is 0.875. The van der Waals surface area contributed by atoms with Gasteiger partial charge in [0.25, 0.3) is 0 Å². The Morgan fingerprint density at radius 1 is 1.23 bits per heavy atom. The van der Waals surface area contributed by atoms with Crippen LogP contribution in [0.5, 0.6) is 0 Å². The number of esters is 1. The van der Waals surface area contributed by atoms with E-state index >= 15 is 0 Å². The van der Waals surface area contributed by atoms with Crippen LogP contribution in [0, 0.1) is 0 Å². The van der Waals surface area contributed by atoms with E-state index < -0.39 is 10.0 Å².